The Bertz CT molecular complexity index is 205. The van der Waals surface area contributed by atoms with Crippen LogP contribution in [0.1, 0.15) is 40.0 Å². The Balaban J connectivity index is 1.78. The molecule has 4 unspecified atom stereocenters. The van der Waals surface area contributed by atoms with Gasteiger partial charge in [0, 0.05) is 18.6 Å². The minimum atomic E-state index is 0.769. The summed E-state index contributed by atoms with van der Waals surface area (Å²) in [5.74, 6) is 1.85. The van der Waals surface area contributed by atoms with Crippen molar-refractivity contribution in [3.05, 3.63) is 0 Å². The first-order valence-electron chi connectivity index (χ1n) is 6.73. The molecule has 1 heterocycles. The van der Waals surface area contributed by atoms with Crippen molar-refractivity contribution < 1.29 is 0 Å². The Labute approximate surface area is 94.4 Å². The van der Waals surface area contributed by atoms with Gasteiger partial charge in [-0.25, -0.2) is 0 Å². The van der Waals surface area contributed by atoms with E-state index in [9.17, 15) is 0 Å². The molecule has 0 bridgehead atoms. The van der Waals surface area contributed by atoms with Gasteiger partial charge < -0.3 is 5.32 Å². The second-order valence-corrected chi connectivity index (χ2v) is 5.40. The molecule has 1 saturated heterocycles. The van der Waals surface area contributed by atoms with Gasteiger partial charge in [0.15, 0.2) is 0 Å². The van der Waals surface area contributed by atoms with E-state index in [1.54, 1.807) is 0 Å². The second kappa shape index (κ2) is 4.84. The Morgan fingerprint density at radius 2 is 2.13 bits per heavy atom. The van der Waals surface area contributed by atoms with E-state index in [2.05, 4.69) is 31.0 Å². The lowest BCUT2D eigenvalue weighted by Crippen LogP contribution is -2.49. The molecule has 0 amide bonds. The average molecular weight is 210 g/mol. The third-order valence-electron chi connectivity index (χ3n) is 4.28. The normalized spacial score (nSPS) is 41.8. The highest BCUT2D eigenvalue weighted by Crippen LogP contribution is 2.39. The summed E-state index contributed by atoms with van der Waals surface area (Å²) in [7, 11) is 0. The number of rotatable bonds is 4. The molecule has 15 heavy (non-hydrogen) atoms. The molecule has 1 aliphatic heterocycles. The number of piperidine rings is 1. The summed E-state index contributed by atoms with van der Waals surface area (Å²) in [5.41, 5.74) is 0. The van der Waals surface area contributed by atoms with Crippen LogP contribution in [0.4, 0.5) is 0 Å². The fourth-order valence-electron chi connectivity index (χ4n) is 3.16. The molecule has 2 aliphatic rings. The second-order valence-electron chi connectivity index (χ2n) is 5.40. The molecule has 88 valence electrons. The topological polar surface area (TPSA) is 15.3 Å². The van der Waals surface area contributed by atoms with E-state index in [-0.39, 0.29) is 0 Å². The van der Waals surface area contributed by atoms with Gasteiger partial charge >= 0.3 is 0 Å². The molecule has 2 rings (SSSR count). The summed E-state index contributed by atoms with van der Waals surface area (Å²) in [5, 5.41) is 3.61. The van der Waals surface area contributed by atoms with E-state index in [0.717, 1.165) is 30.5 Å². The monoisotopic (exact) mass is 210 g/mol. The van der Waals surface area contributed by atoms with Crippen LogP contribution in [0.2, 0.25) is 0 Å². The van der Waals surface area contributed by atoms with Crippen LogP contribution >= 0.6 is 0 Å². The van der Waals surface area contributed by atoms with Gasteiger partial charge in [0.2, 0.25) is 0 Å². The molecule has 1 N–H and O–H groups in total. The van der Waals surface area contributed by atoms with E-state index in [1.165, 1.54) is 32.4 Å². The van der Waals surface area contributed by atoms with Gasteiger partial charge in [0.25, 0.3) is 0 Å². The predicted molar refractivity (Wildman–Crippen MR) is 65.0 cm³/mol. The smallest absolute Gasteiger partial charge is 0.0127 e. The molecule has 0 spiro atoms. The molecule has 0 radical (unpaired) electrons. The molecule has 0 aromatic carbocycles. The van der Waals surface area contributed by atoms with Crippen molar-refractivity contribution in [2.45, 2.75) is 52.1 Å². The summed E-state index contributed by atoms with van der Waals surface area (Å²) < 4.78 is 0. The zero-order valence-electron chi connectivity index (χ0n) is 10.5. The Kier molecular flexibility index (Phi) is 3.68. The minimum absolute atomic E-state index is 0.769. The zero-order valence-corrected chi connectivity index (χ0v) is 10.5. The molecular formula is C13H26N2. The van der Waals surface area contributed by atoms with Crippen LogP contribution in [0.15, 0.2) is 0 Å². The van der Waals surface area contributed by atoms with Crippen molar-refractivity contribution in [3.8, 4) is 0 Å². The third-order valence-corrected chi connectivity index (χ3v) is 4.28. The molecule has 2 heteroatoms. The first-order chi connectivity index (χ1) is 7.26. The van der Waals surface area contributed by atoms with Gasteiger partial charge in [-0.05, 0) is 37.8 Å². The third kappa shape index (κ3) is 2.54. The van der Waals surface area contributed by atoms with Gasteiger partial charge in [-0.2, -0.15) is 0 Å². The number of hydrogen-bond acceptors (Lipinski definition) is 2. The van der Waals surface area contributed by atoms with Crippen LogP contribution in [-0.4, -0.2) is 36.6 Å². The van der Waals surface area contributed by atoms with Gasteiger partial charge in [0.1, 0.15) is 0 Å². The van der Waals surface area contributed by atoms with Crippen molar-refractivity contribution in [3.63, 3.8) is 0 Å². The summed E-state index contributed by atoms with van der Waals surface area (Å²) in [4.78, 5) is 2.74. The highest BCUT2D eigenvalue weighted by Gasteiger charge is 2.42. The van der Waals surface area contributed by atoms with Gasteiger partial charge in [-0.1, -0.05) is 27.2 Å². The zero-order chi connectivity index (χ0) is 10.8. The van der Waals surface area contributed by atoms with Crippen LogP contribution in [-0.2, 0) is 0 Å². The maximum Gasteiger partial charge on any atom is 0.0127 e. The van der Waals surface area contributed by atoms with Crippen LogP contribution in [0.25, 0.3) is 0 Å². The highest BCUT2D eigenvalue weighted by molar-refractivity contribution is 4.97. The summed E-state index contributed by atoms with van der Waals surface area (Å²) in [6, 6.07) is 1.71. The van der Waals surface area contributed by atoms with Crippen LogP contribution < -0.4 is 5.32 Å². The van der Waals surface area contributed by atoms with Crippen molar-refractivity contribution in [1.82, 2.24) is 10.2 Å². The summed E-state index contributed by atoms with van der Waals surface area (Å²) in [6.07, 6.45) is 4.20. The lowest BCUT2D eigenvalue weighted by atomic mass is 9.93. The maximum atomic E-state index is 3.61. The standard InChI is InChI=1S/C13H26N2/c1-4-11-8-13(11)15-7-6-12(14-5-2)10(3)9-15/h10-14H,4-9H2,1-3H3. The fourth-order valence-corrected chi connectivity index (χ4v) is 3.16. The van der Waals surface area contributed by atoms with E-state index >= 15 is 0 Å². The molecule has 1 saturated carbocycles. The van der Waals surface area contributed by atoms with Crippen molar-refractivity contribution in [2.24, 2.45) is 11.8 Å². The molecule has 1 aliphatic carbocycles. The first-order valence-corrected chi connectivity index (χ1v) is 6.73. The maximum absolute atomic E-state index is 3.61. The summed E-state index contributed by atoms with van der Waals surface area (Å²) >= 11 is 0. The van der Waals surface area contributed by atoms with Gasteiger partial charge in [0.05, 0.1) is 0 Å². The Morgan fingerprint density at radius 1 is 1.33 bits per heavy atom. The average Bonchev–Trinajstić information content (AvgIpc) is 3.00. The van der Waals surface area contributed by atoms with E-state index in [0.29, 0.717) is 0 Å². The molecule has 0 aromatic heterocycles. The Hall–Kier alpha value is -0.0800. The van der Waals surface area contributed by atoms with Crippen molar-refractivity contribution in [1.29, 1.82) is 0 Å². The lowest BCUT2D eigenvalue weighted by molar-refractivity contribution is 0.135. The number of nitrogens with zero attached hydrogens (tertiary/aromatic N) is 1. The number of likely N-dealkylation sites (tertiary alicyclic amines) is 1. The lowest BCUT2D eigenvalue weighted by Gasteiger charge is -2.37. The van der Waals surface area contributed by atoms with E-state index in [1.807, 2.05) is 0 Å². The van der Waals surface area contributed by atoms with E-state index < -0.39 is 0 Å². The predicted octanol–water partition coefficient (Wildman–Crippen LogP) is 2.10. The molecule has 4 atom stereocenters. The molecule has 2 nitrogen and oxygen atoms in total. The van der Waals surface area contributed by atoms with E-state index in [4.69, 9.17) is 0 Å². The van der Waals surface area contributed by atoms with Crippen molar-refractivity contribution in [2.75, 3.05) is 19.6 Å². The largest absolute Gasteiger partial charge is 0.314 e. The quantitative estimate of drug-likeness (QED) is 0.764. The van der Waals surface area contributed by atoms with Crippen LogP contribution in [0, 0.1) is 11.8 Å². The minimum Gasteiger partial charge on any atom is -0.314 e. The van der Waals surface area contributed by atoms with Gasteiger partial charge in [-0.3, -0.25) is 4.90 Å². The van der Waals surface area contributed by atoms with Gasteiger partial charge in [-0.15, -0.1) is 0 Å². The summed E-state index contributed by atoms with van der Waals surface area (Å²) in [6.45, 7) is 10.7. The van der Waals surface area contributed by atoms with Crippen LogP contribution in [0.3, 0.4) is 0 Å². The van der Waals surface area contributed by atoms with Crippen molar-refractivity contribution >= 4 is 0 Å². The Morgan fingerprint density at radius 3 is 2.67 bits per heavy atom. The molecule has 0 aromatic rings. The first kappa shape index (κ1) is 11.4. The molecule has 2 fully saturated rings. The number of nitrogens with one attached hydrogen (secondary N) is 1. The molecular weight excluding hydrogens is 184 g/mol. The number of hydrogen-bond donors (Lipinski definition) is 1. The SMILES string of the molecule is CCNC1CCN(C2CC2CC)CC1C. The highest BCUT2D eigenvalue weighted by atomic mass is 15.2. The fraction of sp³-hybridized carbons (Fsp3) is 1.00. The van der Waals surface area contributed by atoms with Crippen LogP contribution in [0.5, 0.6) is 0 Å².